The molecular formula is C10H20N2O3S. The maximum absolute atomic E-state index is 12.0. The number of nitrogens with zero attached hydrogens (tertiary/aromatic N) is 1. The molecule has 6 heteroatoms. The zero-order valence-corrected chi connectivity index (χ0v) is 10.5. The molecule has 0 aromatic heterocycles. The molecule has 1 unspecified atom stereocenters. The van der Waals surface area contributed by atoms with Gasteiger partial charge in [-0.25, -0.2) is 8.42 Å². The lowest BCUT2D eigenvalue weighted by Crippen LogP contribution is -2.48. The van der Waals surface area contributed by atoms with Crippen LogP contribution < -0.4 is 5.32 Å². The summed E-state index contributed by atoms with van der Waals surface area (Å²) in [6, 6.07) is 0.539. The molecule has 2 fully saturated rings. The molecule has 1 saturated heterocycles. The molecule has 1 aliphatic heterocycles. The van der Waals surface area contributed by atoms with Gasteiger partial charge in [-0.05, 0) is 19.8 Å². The largest absolute Gasteiger partial charge is 0.378 e. The maximum atomic E-state index is 12.0. The lowest BCUT2D eigenvalue weighted by molar-refractivity contribution is 0.0393. The summed E-state index contributed by atoms with van der Waals surface area (Å²) in [4.78, 5) is 0. The quantitative estimate of drug-likeness (QED) is 0.731. The highest BCUT2D eigenvalue weighted by Gasteiger charge is 2.30. The first-order chi connectivity index (χ1) is 7.59. The van der Waals surface area contributed by atoms with E-state index in [0.717, 1.165) is 0 Å². The number of ether oxygens (including phenoxy) is 1. The Morgan fingerprint density at radius 1 is 1.44 bits per heavy atom. The Hall–Kier alpha value is -0.170. The van der Waals surface area contributed by atoms with E-state index in [1.165, 1.54) is 12.8 Å². The standard InChI is InChI=1S/C10H20N2O3S/c1-9-8-15-6-5-12(9)16(13,14)7-4-11-10-2-3-10/h9-11H,2-8H2,1H3. The normalized spacial score (nSPS) is 28.2. The zero-order valence-electron chi connectivity index (χ0n) is 9.68. The van der Waals surface area contributed by atoms with Crippen LogP contribution in [0, 0.1) is 0 Å². The van der Waals surface area contributed by atoms with E-state index in [4.69, 9.17) is 4.74 Å². The third-order valence-electron chi connectivity index (χ3n) is 3.03. The summed E-state index contributed by atoms with van der Waals surface area (Å²) >= 11 is 0. The predicted octanol–water partition coefficient (Wildman–Crippen LogP) is -0.211. The van der Waals surface area contributed by atoms with Crippen LogP contribution in [-0.2, 0) is 14.8 Å². The van der Waals surface area contributed by atoms with Crippen molar-refractivity contribution in [1.82, 2.24) is 9.62 Å². The first-order valence-electron chi connectivity index (χ1n) is 5.90. The van der Waals surface area contributed by atoms with E-state index in [2.05, 4.69) is 5.32 Å². The lowest BCUT2D eigenvalue weighted by Gasteiger charge is -2.32. The molecule has 0 amide bonds. The van der Waals surface area contributed by atoms with E-state index >= 15 is 0 Å². The van der Waals surface area contributed by atoms with E-state index in [9.17, 15) is 8.42 Å². The van der Waals surface area contributed by atoms with Gasteiger partial charge in [-0.1, -0.05) is 0 Å². The van der Waals surface area contributed by atoms with Crippen LogP contribution >= 0.6 is 0 Å². The Morgan fingerprint density at radius 3 is 2.81 bits per heavy atom. The Bertz CT molecular complexity index is 327. The first-order valence-corrected chi connectivity index (χ1v) is 7.51. The van der Waals surface area contributed by atoms with Crippen LogP contribution in [0.1, 0.15) is 19.8 Å². The summed E-state index contributed by atoms with van der Waals surface area (Å²) < 4.78 is 30.9. The van der Waals surface area contributed by atoms with Gasteiger partial charge in [0.25, 0.3) is 0 Å². The highest BCUT2D eigenvalue weighted by molar-refractivity contribution is 7.89. The van der Waals surface area contributed by atoms with Crippen LogP contribution in [0.2, 0.25) is 0 Å². The molecular weight excluding hydrogens is 228 g/mol. The van der Waals surface area contributed by atoms with Crippen molar-refractivity contribution >= 4 is 10.0 Å². The van der Waals surface area contributed by atoms with E-state index in [0.29, 0.717) is 32.3 Å². The SMILES string of the molecule is CC1COCCN1S(=O)(=O)CCNC1CC1. The molecule has 0 aromatic carbocycles. The van der Waals surface area contributed by atoms with Crippen molar-refractivity contribution in [2.45, 2.75) is 31.8 Å². The predicted molar refractivity (Wildman–Crippen MR) is 61.8 cm³/mol. The Kier molecular flexibility index (Phi) is 3.84. The average molecular weight is 248 g/mol. The molecule has 1 N–H and O–H groups in total. The van der Waals surface area contributed by atoms with Gasteiger partial charge in [0.15, 0.2) is 0 Å². The summed E-state index contributed by atoms with van der Waals surface area (Å²) in [7, 11) is -3.11. The van der Waals surface area contributed by atoms with Crippen molar-refractivity contribution in [2.24, 2.45) is 0 Å². The Morgan fingerprint density at radius 2 is 2.19 bits per heavy atom. The number of rotatable bonds is 5. The van der Waals surface area contributed by atoms with E-state index < -0.39 is 10.0 Å². The molecule has 0 radical (unpaired) electrons. The van der Waals surface area contributed by atoms with Gasteiger partial charge in [0.05, 0.1) is 19.0 Å². The molecule has 5 nitrogen and oxygen atoms in total. The molecule has 0 spiro atoms. The van der Waals surface area contributed by atoms with Crippen LogP contribution in [0.25, 0.3) is 0 Å². The van der Waals surface area contributed by atoms with Crippen molar-refractivity contribution in [1.29, 1.82) is 0 Å². The molecule has 1 aliphatic carbocycles. The lowest BCUT2D eigenvalue weighted by atomic mass is 10.3. The van der Waals surface area contributed by atoms with Crippen LogP contribution in [0.5, 0.6) is 0 Å². The molecule has 16 heavy (non-hydrogen) atoms. The van der Waals surface area contributed by atoms with Crippen molar-refractivity contribution in [3.63, 3.8) is 0 Å². The smallest absolute Gasteiger partial charge is 0.215 e. The molecule has 2 aliphatic rings. The average Bonchev–Trinajstić information content (AvgIpc) is 3.02. The Labute approximate surface area is 97.2 Å². The number of sulfonamides is 1. The van der Waals surface area contributed by atoms with Crippen LogP contribution in [0.3, 0.4) is 0 Å². The monoisotopic (exact) mass is 248 g/mol. The summed E-state index contributed by atoms with van der Waals surface area (Å²) in [6.07, 6.45) is 2.38. The van der Waals surface area contributed by atoms with Crippen molar-refractivity contribution in [2.75, 3.05) is 32.1 Å². The number of morpholine rings is 1. The van der Waals surface area contributed by atoms with Gasteiger partial charge < -0.3 is 10.1 Å². The van der Waals surface area contributed by atoms with Gasteiger partial charge in [0.1, 0.15) is 0 Å². The minimum atomic E-state index is -3.11. The van der Waals surface area contributed by atoms with Crippen LogP contribution in [-0.4, -0.2) is 56.9 Å². The van der Waals surface area contributed by atoms with Gasteiger partial charge in [0, 0.05) is 25.2 Å². The number of hydrogen-bond acceptors (Lipinski definition) is 4. The van der Waals surface area contributed by atoms with Gasteiger partial charge in [-0.2, -0.15) is 4.31 Å². The van der Waals surface area contributed by atoms with Gasteiger partial charge in [0.2, 0.25) is 10.0 Å². The van der Waals surface area contributed by atoms with Crippen molar-refractivity contribution in [3.8, 4) is 0 Å². The second kappa shape index (κ2) is 5.00. The summed E-state index contributed by atoms with van der Waals surface area (Å²) in [6.45, 7) is 3.98. The van der Waals surface area contributed by atoms with E-state index in [1.54, 1.807) is 4.31 Å². The van der Waals surface area contributed by atoms with E-state index in [1.807, 2.05) is 6.92 Å². The number of hydrogen-bond donors (Lipinski definition) is 1. The summed E-state index contributed by atoms with van der Waals surface area (Å²) in [5.41, 5.74) is 0. The fourth-order valence-corrected chi connectivity index (χ4v) is 3.49. The second-order valence-corrected chi connectivity index (χ2v) is 6.62. The van der Waals surface area contributed by atoms with Crippen LogP contribution in [0.15, 0.2) is 0 Å². The summed E-state index contributed by atoms with van der Waals surface area (Å²) in [5, 5.41) is 3.23. The molecule has 2 rings (SSSR count). The number of nitrogens with one attached hydrogen (secondary N) is 1. The fourth-order valence-electron chi connectivity index (χ4n) is 1.92. The zero-order chi connectivity index (χ0) is 11.6. The van der Waals surface area contributed by atoms with Gasteiger partial charge >= 0.3 is 0 Å². The minimum Gasteiger partial charge on any atom is -0.378 e. The minimum absolute atomic E-state index is 0.0281. The molecule has 0 bridgehead atoms. The van der Waals surface area contributed by atoms with E-state index in [-0.39, 0.29) is 11.8 Å². The van der Waals surface area contributed by atoms with Crippen molar-refractivity contribution < 1.29 is 13.2 Å². The molecule has 0 aromatic rings. The highest BCUT2D eigenvalue weighted by atomic mass is 32.2. The molecule has 1 atom stereocenters. The van der Waals surface area contributed by atoms with Gasteiger partial charge in [-0.3, -0.25) is 0 Å². The molecule has 1 saturated carbocycles. The maximum Gasteiger partial charge on any atom is 0.215 e. The van der Waals surface area contributed by atoms with Crippen LogP contribution in [0.4, 0.5) is 0 Å². The molecule has 94 valence electrons. The third-order valence-corrected chi connectivity index (χ3v) is 5.01. The second-order valence-electron chi connectivity index (χ2n) is 4.58. The van der Waals surface area contributed by atoms with Crippen molar-refractivity contribution in [3.05, 3.63) is 0 Å². The highest BCUT2D eigenvalue weighted by Crippen LogP contribution is 2.18. The Balaban J connectivity index is 1.83. The third kappa shape index (κ3) is 3.16. The van der Waals surface area contributed by atoms with Gasteiger partial charge in [-0.15, -0.1) is 0 Å². The molecule has 1 heterocycles. The topological polar surface area (TPSA) is 58.6 Å². The first kappa shape index (κ1) is 12.3. The summed E-state index contributed by atoms with van der Waals surface area (Å²) in [5.74, 6) is 0.202. The fraction of sp³-hybridized carbons (Fsp3) is 1.00.